The molecule has 0 radical (unpaired) electrons. The first-order valence-corrected chi connectivity index (χ1v) is 6.70. The van der Waals surface area contributed by atoms with E-state index in [0.29, 0.717) is 0 Å². The maximum atomic E-state index is 12.4. The standard InChI is InChI=1S/C16H23NO/c1-15(2)11-10-13(16(15,3)4)14(18)17-12-8-6-5-7-9-12/h5-9,13H,10-11H2,1-4H3,(H,17,18)/t13-/m1/s1. The predicted octanol–water partition coefficient (Wildman–Crippen LogP) is 4.09. The summed E-state index contributed by atoms with van der Waals surface area (Å²) < 4.78 is 0. The summed E-state index contributed by atoms with van der Waals surface area (Å²) in [4.78, 5) is 12.4. The van der Waals surface area contributed by atoms with E-state index in [1.165, 1.54) is 0 Å². The molecule has 1 aromatic carbocycles. The van der Waals surface area contributed by atoms with Gasteiger partial charge in [0.05, 0.1) is 0 Å². The van der Waals surface area contributed by atoms with Crippen molar-refractivity contribution in [3.05, 3.63) is 30.3 Å². The highest BCUT2D eigenvalue weighted by Crippen LogP contribution is 2.55. The van der Waals surface area contributed by atoms with Gasteiger partial charge in [-0.15, -0.1) is 0 Å². The number of para-hydroxylation sites is 1. The van der Waals surface area contributed by atoms with E-state index in [0.717, 1.165) is 18.5 Å². The van der Waals surface area contributed by atoms with Crippen molar-refractivity contribution in [3.63, 3.8) is 0 Å². The number of benzene rings is 1. The summed E-state index contributed by atoms with van der Waals surface area (Å²) >= 11 is 0. The molecule has 2 heteroatoms. The summed E-state index contributed by atoms with van der Waals surface area (Å²) in [5.41, 5.74) is 1.17. The van der Waals surface area contributed by atoms with E-state index in [2.05, 4.69) is 33.0 Å². The van der Waals surface area contributed by atoms with Gasteiger partial charge in [-0.25, -0.2) is 0 Å². The summed E-state index contributed by atoms with van der Waals surface area (Å²) in [7, 11) is 0. The molecule has 0 spiro atoms. The average molecular weight is 245 g/mol. The van der Waals surface area contributed by atoms with Gasteiger partial charge < -0.3 is 5.32 Å². The van der Waals surface area contributed by atoms with Gasteiger partial charge in [-0.1, -0.05) is 45.9 Å². The molecule has 2 nitrogen and oxygen atoms in total. The Morgan fingerprint density at radius 3 is 2.28 bits per heavy atom. The highest BCUT2D eigenvalue weighted by molar-refractivity contribution is 5.93. The Balaban J connectivity index is 2.12. The third kappa shape index (κ3) is 2.16. The zero-order chi connectivity index (χ0) is 13.4. The summed E-state index contributed by atoms with van der Waals surface area (Å²) in [6.45, 7) is 8.97. The summed E-state index contributed by atoms with van der Waals surface area (Å²) in [5.74, 6) is 0.268. The lowest BCUT2D eigenvalue weighted by Crippen LogP contribution is -2.37. The van der Waals surface area contributed by atoms with Crippen LogP contribution in [0.15, 0.2) is 30.3 Å². The summed E-state index contributed by atoms with van der Waals surface area (Å²) in [6, 6.07) is 9.72. The van der Waals surface area contributed by atoms with Crippen molar-refractivity contribution in [2.24, 2.45) is 16.7 Å². The van der Waals surface area contributed by atoms with Crippen LogP contribution in [0.4, 0.5) is 5.69 Å². The van der Waals surface area contributed by atoms with Crippen LogP contribution >= 0.6 is 0 Å². The molecule has 1 fully saturated rings. The SMILES string of the molecule is CC1(C)CC[C@H](C(=O)Nc2ccccc2)C1(C)C. The predicted molar refractivity (Wildman–Crippen MR) is 75.4 cm³/mol. The van der Waals surface area contributed by atoms with Gasteiger partial charge in [0.25, 0.3) is 0 Å². The van der Waals surface area contributed by atoms with E-state index in [9.17, 15) is 4.79 Å². The Bertz CT molecular complexity index is 434. The molecule has 1 saturated carbocycles. The molecule has 1 aliphatic carbocycles. The van der Waals surface area contributed by atoms with Crippen LogP contribution in [-0.2, 0) is 4.79 Å². The first-order valence-electron chi connectivity index (χ1n) is 6.70. The minimum absolute atomic E-state index is 0.0475. The zero-order valence-corrected chi connectivity index (χ0v) is 11.8. The molecule has 18 heavy (non-hydrogen) atoms. The molecule has 1 aromatic rings. The Kier molecular flexibility index (Phi) is 3.22. The first kappa shape index (κ1) is 13.1. The Hall–Kier alpha value is -1.31. The molecule has 0 unspecified atom stereocenters. The Labute approximate surface area is 110 Å². The minimum Gasteiger partial charge on any atom is -0.326 e. The molecule has 1 aliphatic rings. The van der Waals surface area contributed by atoms with Crippen LogP contribution in [0.5, 0.6) is 0 Å². The molecule has 0 saturated heterocycles. The normalized spacial score (nSPS) is 24.8. The van der Waals surface area contributed by atoms with Crippen molar-refractivity contribution >= 4 is 11.6 Å². The van der Waals surface area contributed by atoms with Crippen LogP contribution in [0.1, 0.15) is 40.5 Å². The highest BCUT2D eigenvalue weighted by Gasteiger charge is 2.51. The molecular weight excluding hydrogens is 222 g/mol. The van der Waals surface area contributed by atoms with E-state index in [4.69, 9.17) is 0 Å². The van der Waals surface area contributed by atoms with Crippen molar-refractivity contribution in [3.8, 4) is 0 Å². The largest absolute Gasteiger partial charge is 0.326 e. The van der Waals surface area contributed by atoms with Crippen LogP contribution in [0.3, 0.4) is 0 Å². The number of anilines is 1. The second-order valence-electron chi connectivity index (χ2n) is 6.55. The second kappa shape index (κ2) is 4.42. The zero-order valence-electron chi connectivity index (χ0n) is 11.8. The lowest BCUT2D eigenvalue weighted by molar-refractivity contribution is -0.123. The summed E-state index contributed by atoms with van der Waals surface area (Å²) in [6.07, 6.45) is 2.10. The molecular formula is C16H23NO. The van der Waals surface area contributed by atoms with Crippen LogP contribution in [0, 0.1) is 16.7 Å². The third-order valence-corrected chi connectivity index (χ3v) is 5.03. The maximum absolute atomic E-state index is 12.4. The van der Waals surface area contributed by atoms with Crippen molar-refractivity contribution in [1.82, 2.24) is 0 Å². The number of rotatable bonds is 2. The molecule has 1 atom stereocenters. The number of nitrogens with one attached hydrogen (secondary N) is 1. The lowest BCUT2D eigenvalue weighted by Gasteiger charge is -2.38. The number of hydrogen-bond acceptors (Lipinski definition) is 1. The average Bonchev–Trinajstić information content (AvgIpc) is 2.50. The van der Waals surface area contributed by atoms with E-state index < -0.39 is 0 Å². The second-order valence-corrected chi connectivity index (χ2v) is 6.55. The fraction of sp³-hybridized carbons (Fsp3) is 0.562. The molecule has 0 heterocycles. The van der Waals surface area contributed by atoms with Crippen LogP contribution < -0.4 is 5.32 Å². The van der Waals surface area contributed by atoms with E-state index >= 15 is 0 Å². The number of carbonyl (C=O) groups excluding carboxylic acids is 1. The third-order valence-electron chi connectivity index (χ3n) is 5.03. The smallest absolute Gasteiger partial charge is 0.228 e. The van der Waals surface area contributed by atoms with Crippen LogP contribution in [0.2, 0.25) is 0 Å². The van der Waals surface area contributed by atoms with E-state index in [1.807, 2.05) is 30.3 Å². The number of hydrogen-bond donors (Lipinski definition) is 1. The molecule has 0 aliphatic heterocycles. The van der Waals surface area contributed by atoms with Crippen molar-refractivity contribution in [2.75, 3.05) is 5.32 Å². The molecule has 0 aromatic heterocycles. The molecule has 1 N–H and O–H groups in total. The molecule has 2 rings (SSSR count). The number of amides is 1. The van der Waals surface area contributed by atoms with Crippen molar-refractivity contribution < 1.29 is 4.79 Å². The highest BCUT2D eigenvalue weighted by atomic mass is 16.1. The van der Waals surface area contributed by atoms with Crippen LogP contribution in [-0.4, -0.2) is 5.91 Å². The Morgan fingerprint density at radius 2 is 1.78 bits per heavy atom. The lowest BCUT2D eigenvalue weighted by atomic mass is 9.67. The van der Waals surface area contributed by atoms with Gasteiger partial charge in [0.15, 0.2) is 0 Å². The van der Waals surface area contributed by atoms with E-state index in [1.54, 1.807) is 0 Å². The summed E-state index contributed by atoms with van der Waals surface area (Å²) in [5, 5.41) is 3.04. The van der Waals surface area contributed by atoms with Gasteiger partial charge in [-0.2, -0.15) is 0 Å². The monoisotopic (exact) mass is 245 g/mol. The van der Waals surface area contributed by atoms with Gasteiger partial charge in [-0.05, 0) is 35.8 Å². The minimum atomic E-state index is 0.0475. The maximum Gasteiger partial charge on any atom is 0.228 e. The van der Waals surface area contributed by atoms with Gasteiger partial charge in [0.1, 0.15) is 0 Å². The van der Waals surface area contributed by atoms with Crippen LogP contribution in [0.25, 0.3) is 0 Å². The topological polar surface area (TPSA) is 29.1 Å². The van der Waals surface area contributed by atoms with Gasteiger partial charge in [0, 0.05) is 11.6 Å². The first-order chi connectivity index (χ1) is 8.34. The van der Waals surface area contributed by atoms with E-state index in [-0.39, 0.29) is 22.7 Å². The molecule has 1 amide bonds. The molecule has 98 valence electrons. The van der Waals surface area contributed by atoms with Gasteiger partial charge in [0.2, 0.25) is 5.91 Å². The van der Waals surface area contributed by atoms with Crippen molar-refractivity contribution in [1.29, 1.82) is 0 Å². The fourth-order valence-electron chi connectivity index (χ4n) is 2.87. The van der Waals surface area contributed by atoms with Gasteiger partial charge in [-0.3, -0.25) is 4.79 Å². The Morgan fingerprint density at radius 1 is 1.17 bits per heavy atom. The quantitative estimate of drug-likeness (QED) is 0.835. The fourth-order valence-corrected chi connectivity index (χ4v) is 2.87. The number of carbonyl (C=O) groups is 1. The van der Waals surface area contributed by atoms with Gasteiger partial charge >= 0.3 is 0 Å². The molecule has 0 bridgehead atoms. The van der Waals surface area contributed by atoms with Crippen molar-refractivity contribution in [2.45, 2.75) is 40.5 Å².